The topological polar surface area (TPSA) is 32.3 Å². The van der Waals surface area contributed by atoms with Gasteiger partial charge in [-0.1, -0.05) is 12.1 Å². The fourth-order valence-corrected chi connectivity index (χ4v) is 4.79. The molecule has 0 aromatic heterocycles. The Kier molecular flexibility index (Phi) is 3.69. The van der Waals surface area contributed by atoms with Crippen LogP contribution in [0.1, 0.15) is 60.0 Å². The van der Waals surface area contributed by atoms with Crippen molar-refractivity contribution in [2.24, 2.45) is 0 Å². The van der Waals surface area contributed by atoms with E-state index in [1.54, 1.807) is 0 Å². The van der Waals surface area contributed by atoms with Gasteiger partial charge in [-0.3, -0.25) is 4.79 Å². The minimum absolute atomic E-state index is 0.160. The van der Waals surface area contributed by atoms with Gasteiger partial charge < -0.3 is 10.2 Å². The van der Waals surface area contributed by atoms with Crippen LogP contribution in [0.15, 0.2) is 18.2 Å². The van der Waals surface area contributed by atoms with Crippen LogP contribution in [-0.2, 0) is 12.8 Å². The zero-order chi connectivity index (χ0) is 15.1. The van der Waals surface area contributed by atoms with Gasteiger partial charge in [-0.2, -0.15) is 0 Å². The minimum atomic E-state index is 0.160. The lowest BCUT2D eigenvalue weighted by molar-refractivity contribution is 0.0881. The normalized spacial score (nSPS) is 30.9. The molecular weight excluding hydrogens is 272 g/mol. The summed E-state index contributed by atoms with van der Waals surface area (Å²) in [7, 11) is 2.24. The minimum Gasteiger partial charge on any atom is -0.349 e. The quantitative estimate of drug-likeness (QED) is 0.910. The smallest absolute Gasteiger partial charge is 0.251 e. The van der Waals surface area contributed by atoms with Crippen LogP contribution in [0.25, 0.3) is 0 Å². The first-order valence-corrected chi connectivity index (χ1v) is 8.86. The molecule has 1 aromatic rings. The summed E-state index contributed by atoms with van der Waals surface area (Å²) >= 11 is 0. The van der Waals surface area contributed by atoms with E-state index in [1.165, 1.54) is 36.8 Å². The van der Waals surface area contributed by atoms with Crippen molar-refractivity contribution >= 4 is 5.91 Å². The molecule has 2 heterocycles. The van der Waals surface area contributed by atoms with Crippen molar-refractivity contribution in [3.05, 3.63) is 34.9 Å². The van der Waals surface area contributed by atoms with Crippen LogP contribution in [0.4, 0.5) is 0 Å². The molecule has 1 amide bonds. The number of carbonyl (C=O) groups excluding carboxylic acids is 1. The highest BCUT2D eigenvalue weighted by atomic mass is 16.1. The maximum Gasteiger partial charge on any atom is 0.251 e. The molecule has 2 bridgehead atoms. The number of amides is 1. The third-order valence-corrected chi connectivity index (χ3v) is 6.07. The summed E-state index contributed by atoms with van der Waals surface area (Å²) in [4.78, 5) is 15.3. The highest BCUT2D eigenvalue weighted by Crippen LogP contribution is 2.34. The number of rotatable bonds is 2. The van der Waals surface area contributed by atoms with Crippen molar-refractivity contribution in [1.29, 1.82) is 0 Å². The number of benzene rings is 1. The first-order chi connectivity index (χ1) is 10.7. The summed E-state index contributed by atoms with van der Waals surface area (Å²) < 4.78 is 0. The summed E-state index contributed by atoms with van der Waals surface area (Å²) in [6.45, 7) is 0. The molecule has 1 N–H and O–H groups in total. The van der Waals surface area contributed by atoms with Crippen molar-refractivity contribution in [3.63, 3.8) is 0 Å². The number of carbonyl (C=O) groups is 1. The molecule has 0 saturated carbocycles. The van der Waals surface area contributed by atoms with Crippen LogP contribution in [-0.4, -0.2) is 36.0 Å². The van der Waals surface area contributed by atoms with Gasteiger partial charge >= 0.3 is 0 Å². The van der Waals surface area contributed by atoms with Crippen LogP contribution in [0.3, 0.4) is 0 Å². The van der Waals surface area contributed by atoms with Gasteiger partial charge in [-0.05, 0) is 75.6 Å². The molecule has 118 valence electrons. The third-order valence-electron chi connectivity index (χ3n) is 6.07. The molecule has 3 heteroatoms. The van der Waals surface area contributed by atoms with Crippen molar-refractivity contribution in [1.82, 2.24) is 10.2 Å². The molecule has 4 rings (SSSR count). The number of nitrogens with one attached hydrogen (secondary N) is 1. The second-order valence-electron chi connectivity index (χ2n) is 7.34. The van der Waals surface area contributed by atoms with E-state index < -0.39 is 0 Å². The fourth-order valence-electron chi connectivity index (χ4n) is 4.79. The van der Waals surface area contributed by atoms with Crippen LogP contribution < -0.4 is 5.32 Å². The van der Waals surface area contributed by atoms with Crippen LogP contribution >= 0.6 is 0 Å². The zero-order valence-corrected chi connectivity index (χ0v) is 13.5. The number of fused-ring (bicyclic) bond motifs is 3. The molecule has 2 atom stereocenters. The van der Waals surface area contributed by atoms with Crippen molar-refractivity contribution in [3.8, 4) is 0 Å². The Balaban J connectivity index is 1.49. The van der Waals surface area contributed by atoms with E-state index in [0.29, 0.717) is 18.1 Å². The first-order valence-electron chi connectivity index (χ1n) is 8.86. The van der Waals surface area contributed by atoms with Crippen LogP contribution in [0.5, 0.6) is 0 Å². The molecule has 2 unspecified atom stereocenters. The third kappa shape index (κ3) is 2.45. The highest BCUT2D eigenvalue weighted by Gasteiger charge is 2.39. The van der Waals surface area contributed by atoms with E-state index in [4.69, 9.17) is 0 Å². The lowest BCUT2D eigenvalue weighted by Crippen LogP contribution is -2.48. The molecule has 2 aliphatic heterocycles. The van der Waals surface area contributed by atoms with Gasteiger partial charge in [0.15, 0.2) is 0 Å². The van der Waals surface area contributed by atoms with E-state index in [1.807, 2.05) is 6.07 Å². The van der Waals surface area contributed by atoms with Gasteiger partial charge in [-0.25, -0.2) is 0 Å². The zero-order valence-electron chi connectivity index (χ0n) is 13.5. The maximum atomic E-state index is 12.8. The monoisotopic (exact) mass is 298 g/mol. The average molecular weight is 298 g/mol. The largest absolute Gasteiger partial charge is 0.349 e. The number of hydrogen-bond donors (Lipinski definition) is 1. The van der Waals surface area contributed by atoms with Crippen LogP contribution in [0, 0.1) is 0 Å². The molecular formula is C19H26N2O. The molecule has 1 aromatic carbocycles. The Bertz CT molecular complexity index is 569. The summed E-state index contributed by atoms with van der Waals surface area (Å²) in [6.07, 6.45) is 9.52. The molecule has 22 heavy (non-hydrogen) atoms. The number of aryl methyl sites for hydroxylation is 1. The van der Waals surface area contributed by atoms with Gasteiger partial charge in [0.1, 0.15) is 0 Å². The maximum absolute atomic E-state index is 12.8. The molecule has 2 fully saturated rings. The molecule has 3 nitrogen and oxygen atoms in total. The van der Waals surface area contributed by atoms with E-state index >= 15 is 0 Å². The fraction of sp³-hybridized carbons (Fsp3) is 0.632. The van der Waals surface area contributed by atoms with Gasteiger partial charge in [0.05, 0.1) is 0 Å². The van der Waals surface area contributed by atoms with E-state index in [2.05, 4.69) is 29.4 Å². The second-order valence-corrected chi connectivity index (χ2v) is 7.34. The SMILES string of the molecule is CN1C2CCC1CC(NC(=O)c1cccc3c1CCCC3)C2. The molecule has 0 spiro atoms. The Morgan fingerprint density at radius 1 is 1.14 bits per heavy atom. The summed E-state index contributed by atoms with van der Waals surface area (Å²) in [5.41, 5.74) is 3.63. The van der Waals surface area contributed by atoms with Crippen molar-refractivity contribution in [2.45, 2.75) is 69.5 Å². The van der Waals surface area contributed by atoms with Gasteiger partial charge in [0.25, 0.3) is 5.91 Å². The summed E-state index contributed by atoms with van der Waals surface area (Å²) in [5, 5.41) is 3.34. The lowest BCUT2D eigenvalue weighted by atomic mass is 9.87. The van der Waals surface area contributed by atoms with Crippen LogP contribution in [0.2, 0.25) is 0 Å². The van der Waals surface area contributed by atoms with Crippen molar-refractivity contribution in [2.75, 3.05) is 7.05 Å². The second kappa shape index (κ2) is 5.69. The Labute approximate surface area is 133 Å². The summed E-state index contributed by atoms with van der Waals surface area (Å²) in [6, 6.07) is 7.98. The van der Waals surface area contributed by atoms with E-state index in [9.17, 15) is 4.79 Å². The molecule has 1 aliphatic carbocycles. The Morgan fingerprint density at radius 3 is 2.64 bits per heavy atom. The average Bonchev–Trinajstić information content (AvgIpc) is 2.75. The first kappa shape index (κ1) is 14.3. The highest BCUT2D eigenvalue weighted by molar-refractivity contribution is 5.96. The van der Waals surface area contributed by atoms with Gasteiger partial charge in [0, 0.05) is 23.7 Å². The molecule has 2 saturated heterocycles. The van der Waals surface area contributed by atoms with Crippen molar-refractivity contribution < 1.29 is 4.79 Å². The number of hydrogen-bond acceptors (Lipinski definition) is 2. The summed E-state index contributed by atoms with van der Waals surface area (Å²) in [5.74, 6) is 0.160. The predicted octanol–water partition coefficient (Wildman–Crippen LogP) is 2.92. The number of nitrogens with zero attached hydrogens (tertiary/aromatic N) is 1. The van der Waals surface area contributed by atoms with Gasteiger partial charge in [0.2, 0.25) is 0 Å². The van der Waals surface area contributed by atoms with E-state index in [-0.39, 0.29) is 5.91 Å². The standard InChI is InChI=1S/C19H26N2O/c1-21-15-9-10-16(21)12-14(11-15)20-19(22)18-8-4-6-13-5-2-3-7-17(13)18/h4,6,8,14-16H,2-3,5,7,9-12H2,1H3,(H,20,22). The Hall–Kier alpha value is -1.35. The van der Waals surface area contributed by atoms with Gasteiger partial charge in [-0.15, -0.1) is 0 Å². The molecule has 3 aliphatic rings. The lowest BCUT2D eigenvalue weighted by Gasteiger charge is -2.36. The Morgan fingerprint density at radius 2 is 1.86 bits per heavy atom. The number of piperidine rings is 1. The predicted molar refractivity (Wildman–Crippen MR) is 88.1 cm³/mol. The van der Waals surface area contributed by atoms with E-state index in [0.717, 1.165) is 31.2 Å². The molecule has 0 radical (unpaired) electrons.